The van der Waals surface area contributed by atoms with Crippen molar-refractivity contribution in [1.29, 1.82) is 0 Å². The molecule has 0 bridgehead atoms. The first kappa shape index (κ1) is 16.5. The maximum atomic E-state index is 11.9. The van der Waals surface area contributed by atoms with Crippen molar-refractivity contribution in [3.05, 3.63) is 29.8 Å². The summed E-state index contributed by atoms with van der Waals surface area (Å²) in [6, 6.07) is 7.50. The zero-order chi connectivity index (χ0) is 15.0. The van der Waals surface area contributed by atoms with Crippen molar-refractivity contribution in [2.24, 2.45) is 5.41 Å². The van der Waals surface area contributed by atoms with Crippen LogP contribution < -0.4 is 11.1 Å². The Kier molecular flexibility index (Phi) is 6.56. The predicted octanol–water partition coefficient (Wildman–Crippen LogP) is 3.53. The van der Waals surface area contributed by atoms with Crippen LogP contribution in [0.4, 0.5) is 5.69 Å². The summed E-state index contributed by atoms with van der Waals surface area (Å²) >= 11 is 0. The number of anilines is 1. The van der Waals surface area contributed by atoms with Crippen molar-refractivity contribution in [1.82, 2.24) is 5.32 Å². The van der Waals surface area contributed by atoms with Gasteiger partial charge in [-0.05, 0) is 29.5 Å². The molecule has 3 N–H and O–H groups in total. The van der Waals surface area contributed by atoms with Gasteiger partial charge in [0.05, 0.1) is 6.42 Å². The highest BCUT2D eigenvalue weighted by atomic mass is 16.1. The molecule has 3 nitrogen and oxygen atoms in total. The number of carbonyl (C=O) groups is 1. The van der Waals surface area contributed by atoms with E-state index in [-0.39, 0.29) is 11.3 Å². The van der Waals surface area contributed by atoms with E-state index in [4.69, 9.17) is 5.73 Å². The molecule has 0 saturated carbocycles. The van der Waals surface area contributed by atoms with Crippen LogP contribution in [0.15, 0.2) is 24.3 Å². The van der Waals surface area contributed by atoms with E-state index in [9.17, 15) is 4.79 Å². The molecule has 20 heavy (non-hydrogen) atoms. The minimum atomic E-state index is 0.0687. The van der Waals surface area contributed by atoms with E-state index in [1.807, 2.05) is 24.3 Å². The lowest BCUT2D eigenvalue weighted by molar-refractivity contribution is -0.120. The molecule has 0 aliphatic rings. The number of hydrogen-bond acceptors (Lipinski definition) is 2. The molecule has 0 aliphatic carbocycles. The van der Waals surface area contributed by atoms with Gasteiger partial charge in [-0.25, -0.2) is 0 Å². The van der Waals surface area contributed by atoms with E-state index in [0.717, 1.165) is 18.5 Å². The summed E-state index contributed by atoms with van der Waals surface area (Å²) < 4.78 is 0. The number of amides is 1. The SMILES string of the molecule is CCCCCC(C)(C)CNC(=O)Cc1cccc(N)c1. The van der Waals surface area contributed by atoms with Crippen LogP contribution >= 0.6 is 0 Å². The van der Waals surface area contributed by atoms with Gasteiger partial charge < -0.3 is 11.1 Å². The second kappa shape index (κ2) is 7.93. The highest BCUT2D eigenvalue weighted by molar-refractivity contribution is 5.78. The van der Waals surface area contributed by atoms with Crippen LogP contribution in [0.2, 0.25) is 0 Å². The number of nitrogens with two attached hydrogens (primary N) is 1. The van der Waals surface area contributed by atoms with Crippen molar-refractivity contribution in [3.63, 3.8) is 0 Å². The van der Waals surface area contributed by atoms with Crippen LogP contribution in [-0.4, -0.2) is 12.5 Å². The lowest BCUT2D eigenvalue weighted by atomic mass is 9.87. The number of nitrogens with one attached hydrogen (secondary N) is 1. The number of benzene rings is 1. The largest absolute Gasteiger partial charge is 0.399 e. The standard InChI is InChI=1S/C17H28N2O/c1-4-5-6-10-17(2,3)13-19-16(20)12-14-8-7-9-15(18)11-14/h7-9,11H,4-6,10,12-13,18H2,1-3H3,(H,19,20). The molecular formula is C17H28N2O. The van der Waals surface area contributed by atoms with Gasteiger partial charge in [0.1, 0.15) is 0 Å². The summed E-state index contributed by atoms with van der Waals surface area (Å²) in [6.45, 7) is 7.37. The molecule has 0 unspecified atom stereocenters. The van der Waals surface area contributed by atoms with E-state index < -0.39 is 0 Å². The van der Waals surface area contributed by atoms with Crippen LogP contribution in [0.3, 0.4) is 0 Å². The van der Waals surface area contributed by atoms with Gasteiger partial charge in [-0.15, -0.1) is 0 Å². The van der Waals surface area contributed by atoms with Gasteiger partial charge in [0.15, 0.2) is 0 Å². The minimum absolute atomic E-state index is 0.0687. The molecule has 1 rings (SSSR count). The number of carbonyl (C=O) groups excluding carboxylic acids is 1. The first-order chi connectivity index (χ1) is 9.43. The van der Waals surface area contributed by atoms with E-state index >= 15 is 0 Å². The van der Waals surface area contributed by atoms with E-state index in [1.54, 1.807) is 0 Å². The fourth-order valence-electron chi connectivity index (χ4n) is 2.23. The number of unbranched alkanes of at least 4 members (excludes halogenated alkanes) is 2. The topological polar surface area (TPSA) is 55.1 Å². The maximum Gasteiger partial charge on any atom is 0.224 e. The summed E-state index contributed by atoms with van der Waals surface area (Å²) in [6.07, 6.45) is 5.28. The molecule has 0 fully saturated rings. The molecule has 1 aromatic carbocycles. The third kappa shape index (κ3) is 6.60. The summed E-state index contributed by atoms with van der Waals surface area (Å²) in [5.41, 5.74) is 7.55. The molecule has 0 aliphatic heterocycles. The van der Waals surface area contributed by atoms with Crippen LogP contribution in [0.5, 0.6) is 0 Å². The van der Waals surface area contributed by atoms with Crippen molar-refractivity contribution in [3.8, 4) is 0 Å². The first-order valence-corrected chi connectivity index (χ1v) is 7.54. The monoisotopic (exact) mass is 276 g/mol. The maximum absolute atomic E-state index is 11.9. The van der Waals surface area contributed by atoms with Crippen LogP contribution in [0.1, 0.15) is 52.0 Å². The van der Waals surface area contributed by atoms with Crippen LogP contribution in [-0.2, 0) is 11.2 Å². The van der Waals surface area contributed by atoms with Crippen LogP contribution in [0, 0.1) is 5.41 Å². The molecule has 0 aromatic heterocycles. The highest BCUT2D eigenvalue weighted by Gasteiger charge is 2.18. The fraction of sp³-hybridized carbons (Fsp3) is 0.588. The Bertz CT molecular complexity index is 427. The first-order valence-electron chi connectivity index (χ1n) is 7.54. The van der Waals surface area contributed by atoms with Gasteiger partial charge in [0, 0.05) is 12.2 Å². The smallest absolute Gasteiger partial charge is 0.224 e. The van der Waals surface area contributed by atoms with E-state index in [1.165, 1.54) is 19.3 Å². The fourth-order valence-corrected chi connectivity index (χ4v) is 2.23. The average Bonchev–Trinajstić information content (AvgIpc) is 2.37. The zero-order valence-corrected chi connectivity index (χ0v) is 13.0. The third-order valence-electron chi connectivity index (χ3n) is 3.54. The zero-order valence-electron chi connectivity index (χ0n) is 13.0. The molecule has 112 valence electrons. The Hall–Kier alpha value is -1.51. The van der Waals surface area contributed by atoms with Gasteiger partial charge in [-0.1, -0.05) is 52.2 Å². The molecule has 1 amide bonds. The predicted molar refractivity (Wildman–Crippen MR) is 85.5 cm³/mol. The number of rotatable bonds is 8. The third-order valence-corrected chi connectivity index (χ3v) is 3.54. The Morgan fingerprint density at radius 2 is 2.05 bits per heavy atom. The molecule has 0 radical (unpaired) electrons. The Balaban J connectivity index is 2.35. The van der Waals surface area contributed by atoms with E-state index in [0.29, 0.717) is 12.1 Å². The summed E-state index contributed by atoms with van der Waals surface area (Å²) in [5.74, 6) is 0.0687. The molecule has 0 spiro atoms. The normalized spacial score (nSPS) is 11.3. The average molecular weight is 276 g/mol. The summed E-state index contributed by atoms with van der Waals surface area (Å²) in [4.78, 5) is 11.9. The van der Waals surface area contributed by atoms with Gasteiger partial charge in [0.2, 0.25) is 5.91 Å². The second-order valence-electron chi connectivity index (χ2n) is 6.32. The van der Waals surface area contributed by atoms with Crippen molar-refractivity contribution < 1.29 is 4.79 Å². The highest BCUT2D eigenvalue weighted by Crippen LogP contribution is 2.22. The molecule has 0 atom stereocenters. The van der Waals surface area contributed by atoms with Crippen LogP contribution in [0.25, 0.3) is 0 Å². The van der Waals surface area contributed by atoms with Gasteiger partial charge >= 0.3 is 0 Å². The molecule has 1 aromatic rings. The van der Waals surface area contributed by atoms with Crippen molar-refractivity contribution in [2.45, 2.75) is 52.9 Å². The Morgan fingerprint density at radius 1 is 1.30 bits per heavy atom. The second-order valence-corrected chi connectivity index (χ2v) is 6.32. The van der Waals surface area contributed by atoms with Crippen molar-refractivity contribution >= 4 is 11.6 Å². The summed E-state index contributed by atoms with van der Waals surface area (Å²) in [7, 11) is 0. The van der Waals surface area contributed by atoms with Gasteiger partial charge in [0.25, 0.3) is 0 Å². The molecule has 3 heteroatoms. The molecule has 0 saturated heterocycles. The summed E-state index contributed by atoms with van der Waals surface area (Å²) in [5, 5.41) is 3.04. The lowest BCUT2D eigenvalue weighted by Crippen LogP contribution is -2.34. The van der Waals surface area contributed by atoms with Crippen molar-refractivity contribution in [2.75, 3.05) is 12.3 Å². The van der Waals surface area contributed by atoms with Gasteiger partial charge in [-0.3, -0.25) is 4.79 Å². The number of nitrogen functional groups attached to an aromatic ring is 1. The molecular weight excluding hydrogens is 248 g/mol. The molecule has 0 heterocycles. The van der Waals surface area contributed by atoms with Gasteiger partial charge in [-0.2, -0.15) is 0 Å². The number of hydrogen-bond donors (Lipinski definition) is 2. The lowest BCUT2D eigenvalue weighted by Gasteiger charge is -2.25. The minimum Gasteiger partial charge on any atom is -0.399 e. The Morgan fingerprint density at radius 3 is 2.70 bits per heavy atom. The Labute approximate surface area is 122 Å². The quantitative estimate of drug-likeness (QED) is 0.563. The van der Waals surface area contributed by atoms with E-state index in [2.05, 4.69) is 26.1 Å².